The highest BCUT2D eigenvalue weighted by Crippen LogP contribution is 2.39. The van der Waals surface area contributed by atoms with Gasteiger partial charge in [0.05, 0.1) is 33.7 Å². The van der Waals surface area contributed by atoms with Crippen molar-refractivity contribution in [2.45, 2.75) is 51.2 Å². The van der Waals surface area contributed by atoms with Gasteiger partial charge in [-0.15, -0.1) is 38.0 Å². The molecule has 1 aromatic carbocycles. The Kier molecular flexibility index (Phi) is 6.09. The fourth-order valence-corrected chi connectivity index (χ4v) is 6.28. The fourth-order valence-electron chi connectivity index (χ4n) is 4.67. The normalized spacial score (nSPS) is 24.2. The topological polar surface area (TPSA) is 157 Å². The molecule has 37 heavy (non-hydrogen) atoms. The number of aryl methyl sites for hydroxylation is 3. The van der Waals surface area contributed by atoms with E-state index >= 15 is 0 Å². The third-order valence-corrected chi connectivity index (χ3v) is 8.30. The number of aromatic nitrogens is 8. The molecule has 0 aliphatic carbocycles. The van der Waals surface area contributed by atoms with Gasteiger partial charge in [-0.25, -0.2) is 14.6 Å². The second-order valence-electron chi connectivity index (χ2n) is 8.95. The van der Waals surface area contributed by atoms with Gasteiger partial charge in [-0.1, -0.05) is 5.21 Å². The predicted molar refractivity (Wildman–Crippen MR) is 136 cm³/mol. The number of nitrogens with zero attached hydrogens (tertiary/aromatic N) is 8. The second kappa shape index (κ2) is 9.31. The number of rotatable bonds is 5. The van der Waals surface area contributed by atoms with Gasteiger partial charge in [-0.3, -0.25) is 4.57 Å². The molecule has 1 aliphatic rings. The van der Waals surface area contributed by atoms with Crippen LogP contribution in [0.5, 0.6) is 0 Å². The summed E-state index contributed by atoms with van der Waals surface area (Å²) >= 11 is 3.01. The molecule has 12 nitrogen and oxygen atoms in total. The van der Waals surface area contributed by atoms with Crippen LogP contribution in [-0.2, 0) is 4.74 Å². The summed E-state index contributed by atoms with van der Waals surface area (Å²) in [6, 6.07) is 4.86. The Balaban J connectivity index is 1.39. The Morgan fingerprint density at radius 3 is 2.65 bits per heavy atom. The summed E-state index contributed by atoms with van der Waals surface area (Å²) in [5.74, 6) is 0.939. The molecule has 0 spiro atoms. The molecule has 14 heteroatoms. The number of benzene rings is 1. The minimum absolute atomic E-state index is 0.344. The maximum Gasteiger partial charge on any atom is 0.169 e. The second-order valence-corrected chi connectivity index (χ2v) is 11.0. The minimum atomic E-state index is -1.28. The van der Waals surface area contributed by atoms with E-state index in [1.807, 2.05) is 44.4 Å². The number of hydrogen-bond donors (Lipinski definition) is 3. The molecule has 4 aromatic heterocycles. The molecule has 1 fully saturated rings. The van der Waals surface area contributed by atoms with Crippen molar-refractivity contribution in [2.75, 3.05) is 6.61 Å². The van der Waals surface area contributed by atoms with E-state index in [2.05, 4.69) is 30.5 Å². The zero-order valence-corrected chi connectivity index (χ0v) is 21.8. The first-order chi connectivity index (χ1) is 17.8. The van der Waals surface area contributed by atoms with Gasteiger partial charge < -0.3 is 20.1 Å². The molecular formula is C23H24N8O4S2. The number of aliphatic hydroxyl groups is 3. The Labute approximate surface area is 218 Å². The van der Waals surface area contributed by atoms with Crippen molar-refractivity contribution < 1.29 is 20.1 Å². The molecule has 2 unspecified atom stereocenters. The number of aliphatic hydroxyl groups excluding tert-OH is 3. The van der Waals surface area contributed by atoms with E-state index in [1.54, 1.807) is 22.1 Å². The predicted octanol–water partition coefficient (Wildman–Crippen LogP) is 1.91. The zero-order chi connectivity index (χ0) is 25.8. The van der Waals surface area contributed by atoms with Gasteiger partial charge in [-0.05, 0) is 39.0 Å². The lowest BCUT2D eigenvalue weighted by Gasteiger charge is -2.41. The average molecular weight is 541 g/mol. The van der Waals surface area contributed by atoms with Crippen molar-refractivity contribution in [3.63, 3.8) is 0 Å². The van der Waals surface area contributed by atoms with E-state index in [9.17, 15) is 15.3 Å². The van der Waals surface area contributed by atoms with Crippen molar-refractivity contribution in [1.82, 2.24) is 39.7 Å². The third kappa shape index (κ3) is 4.15. The van der Waals surface area contributed by atoms with Crippen molar-refractivity contribution in [3.05, 3.63) is 52.1 Å². The summed E-state index contributed by atoms with van der Waals surface area (Å²) in [6.07, 6.45) is -2.91. The zero-order valence-electron chi connectivity index (χ0n) is 20.1. The van der Waals surface area contributed by atoms with Crippen LogP contribution < -0.4 is 0 Å². The lowest BCUT2D eigenvalue weighted by atomic mass is 9.92. The monoisotopic (exact) mass is 540 g/mol. The quantitative estimate of drug-likeness (QED) is 0.301. The molecular weight excluding hydrogens is 516 g/mol. The summed E-state index contributed by atoms with van der Waals surface area (Å²) in [5.41, 5.74) is 3.07. The van der Waals surface area contributed by atoms with Crippen LogP contribution in [0.15, 0.2) is 29.8 Å². The van der Waals surface area contributed by atoms with Crippen LogP contribution in [0, 0.1) is 20.8 Å². The summed E-state index contributed by atoms with van der Waals surface area (Å²) in [7, 11) is 0. The number of ether oxygens (including phenoxy) is 1. The van der Waals surface area contributed by atoms with Crippen LogP contribution in [0.4, 0.5) is 0 Å². The Morgan fingerprint density at radius 1 is 1.05 bits per heavy atom. The highest BCUT2D eigenvalue weighted by molar-refractivity contribution is 7.18. The van der Waals surface area contributed by atoms with Crippen molar-refractivity contribution in [1.29, 1.82) is 0 Å². The van der Waals surface area contributed by atoms with Gasteiger partial charge in [0.15, 0.2) is 5.82 Å². The first-order valence-electron chi connectivity index (χ1n) is 11.6. The van der Waals surface area contributed by atoms with E-state index < -0.39 is 37.1 Å². The average Bonchev–Trinajstić information content (AvgIpc) is 3.65. The Bertz CT molecular complexity index is 1580. The number of fused-ring (bicyclic) bond motifs is 1. The molecule has 5 aromatic rings. The summed E-state index contributed by atoms with van der Waals surface area (Å²) in [4.78, 5) is 8.95. The maximum atomic E-state index is 11.5. The van der Waals surface area contributed by atoms with Gasteiger partial charge in [0.2, 0.25) is 0 Å². The van der Waals surface area contributed by atoms with Gasteiger partial charge >= 0.3 is 0 Å². The summed E-state index contributed by atoms with van der Waals surface area (Å²) in [6.45, 7) is 5.19. The minimum Gasteiger partial charge on any atom is -0.394 e. The van der Waals surface area contributed by atoms with E-state index in [0.717, 1.165) is 26.6 Å². The van der Waals surface area contributed by atoms with E-state index in [0.29, 0.717) is 22.4 Å². The molecule has 1 aliphatic heterocycles. The van der Waals surface area contributed by atoms with Gasteiger partial charge in [0.1, 0.15) is 47.0 Å². The van der Waals surface area contributed by atoms with E-state index in [4.69, 9.17) is 4.74 Å². The van der Waals surface area contributed by atoms with Crippen LogP contribution in [-0.4, -0.2) is 80.0 Å². The lowest BCUT2D eigenvalue weighted by Crippen LogP contribution is -2.53. The Morgan fingerprint density at radius 2 is 1.89 bits per heavy atom. The van der Waals surface area contributed by atoms with Crippen molar-refractivity contribution in [2.24, 2.45) is 0 Å². The molecule has 6 rings (SSSR count). The van der Waals surface area contributed by atoms with E-state index in [-0.39, 0.29) is 0 Å². The molecule has 1 saturated heterocycles. The molecule has 5 heterocycles. The molecule has 5 atom stereocenters. The third-order valence-electron chi connectivity index (χ3n) is 6.39. The highest BCUT2D eigenvalue weighted by Gasteiger charge is 2.48. The van der Waals surface area contributed by atoms with Crippen molar-refractivity contribution in [3.8, 4) is 16.4 Å². The van der Waals surface area contributed by atoms with Gasteiger partial charge in [0, 0.05) is 11.1 Å². The SMILES string of the molecule is Cc1csc(-c2cn([C@@H]3C(O)[C@H](c4nnc(C)n4-c4ccc5nc(C)sc5c4)OC(CO)[C@@H]3O)nn2)n1. The van der Waals surface area contributed by atoms with Crippen LogP contribution in [0.1, 0.15) is 34.5 Å². The molecule has 0 radical (unpaired) electrons. The first kappa shape index (κ1) is 24.2. The van der Waals surface area contributed by atoms with Crippen LogP contribution in [0.2, 0.25) is 0 Å². The first-order valence-corrected chi connectivity index (χ1v) is 13.3. The standard InChI is InChI=1S/C23H24N8O4S2/c1-10-9-36-23(24-10)15-7-30(29-27-15)18-19(33)16(8-32)35-21(20(18)34)22-28-26-11(2)31(22)13-4-5-14-17(6-13)37-12(3)25-14/h4-7,9,16,18-21,32-34H,8H2,1-3H3/t16?,18-,19-,20?,21+/m0/s1. The van der Waals surface area contributed by atoms with Gasteiger partial charge in [0.25, 0.3) is 0 Å². The summed E-state index contributed by atoms with van der Waals surface area (Å²) < 4.78 is 10.2. The van der Waals surface area contributed by atoms with Crippen LogP contribution >= 0.6 is 22.7 Å². The largest absolute Gasteiger partial charge is 0.394 e. The summed E-state index contributed by atoms with van der Waals surface area (Å²) in [5, 5.41) is 53.0. The van der Waals surface area contributed by atoms with Crippen molar-refractivity contribution >= 4 is 32.9 Å². The molecule has 0 bridgehead atoms. The lowest BCUT2D eigenvalue weighted by molar-refractivity contribution is -0.210. The van der Waals surface area contributed by atoms with E-state index in [1.165, 1.54) is 16.0 Å². The number of thiazole rings is 2. The van der Waals surface area contributed by atoms with Crippen LogP contribution in [0.25, 0.3) is 26.6 Å². The molecule has 0 saturated carbocycles. The molecule has 192 valence electrons. The Hall–Kier alpha value is -3.14. The smallest absolute Gasteiger partial charge is 0.169 e. The number of hydrogen-bond acceptors (Lipinski definition) is 12. The highest BCUT2D eigenvalue weighted by atomic mass is 32.1. The van der Waals surface area contributed by atoms with Gasteiger partial charge in [-0.2, -0.15) is 0 Å². The van der Waals surface area contributed by atoms with Crippen LogP contribution in [0.3, 0.4) is 0 Å². The molecule has 0 amide bonds. The molecule has 3 N–H and O–H groups in total. The maximum absolute atomic E-state index is 11.5. The fraction of sp³-hybridized carbons (Fsp3) is 0.391.